The van der Waals surface area contributed by atoms with Gasteiger partial charge in [0.15, 0.2) is 0 Å². The predicted octanol–water partition coefficient (Wildman–Crippen LogP) is 2.03. The monoisotopic (exact) mass is 323 g/mol. The van der Waals surface area contributed by atoms with Gasteiger partial charge < -0.3 is 14.4 Å². The third kappa shape index (κ3) is 3.58. The number of hydrogen-bond acceptors (Lipinski definition) is 7. The van der Waals surface area contributed by atoms with Crippen LogP contribution in [0.3, 0.4) is 0 Å². The number of pyridine rings is 1. The van der Waals surface area contributed by atoms with Crippen molar-refractivity contribution in [1.29, 1.82) is 0 Å². The zero-order chi connectivity index (χ0) is 17.0. The highest BCUT2D eigenvalue weighted by molar-refractivity contribution is 5.96. The van der Waals surface area contributed by atoms with E-state index in [1.807, 2.05) is 0 Å². The van der Waals surface area contributed by atoms with Crippen molar-refractivity contribution in [3.8, 4) is 0 Å². The summed E-state index contributed by atoms with van der Waals surface area (Å²) >= 11 is 0. The molecule has 1 aromatic heterocycles. The summed E-state index contributed by atoms with van der Waals surface area (Å²) in [4.78, 5) is 28.9. The minimum Gasteiger partial charge on any atom is -0.462 e. The fraction of sp³-hybridized carbons (Fsp3) is 0.600. The van der Waals surface area contributed by atoms with E-state index in [9.17, 15) is 14.9 Å². The molecule has 126 valence electrons. The van der Waals surface area contributed by atoms with E-state index in [-0.39, 0.29) is 29.8 Å². The van der Waals surface area contributed by atoms with Gasteiger partial charge in [-0.25, -0.2) is 9.78 Å². The van der Waals surface area contributed by atoms with E-state index >= 15 is 0 Å². The Morgan fingerprint density at radius 3 is 2.91 bits per heavy atom. The molecule has 1 aliphatic rings. The maximum atomic E-state index is 12.0. The predicted molar refractivity (Wildman–Crippen MR) is 83.6 cm³/mol. The largest absolute Gasteiger partial charge is 0.462 e. The van der Waals surface area contributed by atoms with E-state index in [0.29, 0.717) is 19.0 Å². The van der Waals surface area contributed by atoms with Crippen LogP contribution in [0, 0.1) is 16.0 Å². The van der Waals surface area contributed by atoms with Gasteiger partial charge in [0.2, 0.25) is 5.82 Å². The van der Waals surface area contributed by atoms with Crippen molar-refractivity contribution >= 4 is 17.5 Å². The molecule has 2 heterocycles. The molecule has 1 fully saturated rings. The van der Waals surface area contributed by atoms with E-state index in [2.05, 4.69) is 11.9 Å². The van der Waals surface area contributed by atoms with Gasteiger partial charge in [0.05, 0.1) is 17.6 Å². The van der Waals surface area contributed by atoms with Crippen LogP contribution in [-0.2, 0) is 9.47 Å². The van der Waals surface area contributed by atoms with Gasteiger partial charge in [-0.15, -0.1) is 0 Å². The van der Waals surface area contributed by atoms with Gasteiger partial charge in [-0.05, 0) is 25.3 Å². The number of esters is 1. The number of piperidine rings is 1. The van der Waals surface area contributed by atoms with Crippen LogP contribution in [0.25, 0.3) is 0 Å². The number of carbonyl (C=O) groups excluding carboxylic acids is 1. The molecule has 0 aliphatic carbocycles. The molecule has 8 nitrogen and oxygen atoms in total. The number of nitro groups is 1. The van der Waals surface area contributed by atoms with Gasteiger partial charge in [-0.1, -0.05) is 6.92 Å². The van der Waals surface area contributed by atoms with E-state index < -0.39 is 10.9 Å². The Hall–Kier alpha value is -2.22. The maximum Gasteiger partial charge on any atom is 0.345 e. The van der Waals surface area contributed by atoms with Crippen LogP contribution < -0.4 is 4.90 Å². The van der Waals surface area contributed by atoms with Gasteiger partial charge in [0.25, 0.3) is 0 Å². The van der Waals surface area contributed by atoms with Crippen LogP contribution in [0.15, 0.2) is 12.3 Å². The standard InChI is InChI=1S/C15H21N3O5/c1-4-23-15(19)11-5-7-16-14(13(11)18(20)21)17-8-6-10(2)12(9-17)22-3/h5,7,10,12H,4,6,8-9H2,1-3H3. The first kappa shape index (κ1) is 17.1. The molecule has 0 N–H and O–H groups in total. The Morgan fingerprint density at radius 2 is 2.30 bits per heavy atom. The second-order valence-corrected chi connectivity index (χ2v) is 5.49. The van der Waals surface area contributed by atoms with Crippen LogP contribution in [0.1, 0.15) is 30.6 Å². The van der Waals surface area contributed by atoms with E-state index in [1.54, 1.807) is 18.9 Å². The van der Waals surface area contributed by atoms with Crippen molar-refractivity contribution in [1.82, 2.24) is 4.98 Å². The average molecular weight is 323 g/mol. The Bertz CT molecular complexity index is 592. The van der Waals surface area contributed by atoms with E-state index in [4.69, 9.17) is 9.47 Å². The number of rotatable bonds is 5. The van der Waals surface area contributed by atoms with Gasteiger partial charge in [-0.3, -0.25) is 10.1 Å². The fourth-order valence-electron chi connectivity index (χ4n) is 2.76. The number of methoxy groups -OCH3 is 1. The first-order chi connectivity index (χ1) is 11.0. The molecule has 0 saturated carbocycles. The van der Waals surface area contributed by atoms with Crippen molar-refractivity contribution in [3.63, 3.8) is 0 Å². The molecule has 23 heavy (non-hydrogen) atoms. The summed E-state index contributed by atoms with van der Waals surface area (Å²) < 4.78 is 10.3. The average Bonchev–Trinajstić information content (AvgIpc) is 2.54. The first-order valence-electron chi connectivity index (χ1n) is 7.57. The fourth-order valence-corrected chi connectivity index (χ4v) is 2.76. The summed E-state index contributed by atoms with van der Waals surface area (Å²) in [5.41, 5.74) is -0.384. The summed E-state index contributed by atoms with van der Waals surface area (Å²) in [7, 11) is 1.63. The molecule has 2 unspecified atom stereocenters. The topological polar surface area (TPSA) is 94.8 Å². The van der Waals surface area contributed by atoms with Crippen molar-refractivity contribution in [2.45, 2.75) is 26.4 Å². The summed E-state index contributed by atoms with van der Waals surface area (Å²) in [6, 6.07) is 1.32. The Labute approximate surface area is 134 Å². The molecule has 0 amide bonds. The van der Waals surface area contributed by atoms with Crippen LogP contribution in [-0.4, -0.2) is 48.8 Å². The molecule has 2 atom stereocenters. The van der Waals surface area contributed by atoms with Crippen LogP contribution in [0.5, 0.6) is 0 Å². The van der Waals surface area contributed by atoms with Crippen LogP contribution >= 0.6 is 0 Å². The molecular formula is C15H21N3O5. The number of hydrogen-bond donors (Lipinski definition) is 0. The van der Waals surface area contributed by atoms with E-state index in [0.717, 1.165) is 6.42 Å². The minimum absolute atomic E-state index is 0.0311. The lowest BCUT2D eigenvalue weighted by Crippen LogP contribution is -2.44. The molecule has 1 saturated heterocycles. The highest BCUT2D eigenvalue weighted by atomic mass is 16.6. The molecule has 0 bridgehead atoms. The second kappa shape index (κ2) is 7.36. The molecule has 8 heteroatoms. The summed E-state index contributed by atoms with van der Waals surface area (Å²) in [5.74, 6) is -0.158. The molecule has 0 aromatic carbocycles. The van der Waals surface area contributed by atoms with Crippen molar-refractivity contribution in [2.75, 3.05) is 31.7 Å². The highest BCUT2D eigenvalue weighted by Crippen LogP contribution is 2.33. The Morgan fingerprint density at radius 1 is 1.57 bits per heavy atom. The second-order valence-electron chi connectivity index (χ2n) is 5.49. The summed E-state index contributed by atoms with van der Waals surface area (Å²) in [6.07, 6.45) is 2.20. The van der Waals surface area contributed by atoms with Gasteiger partial charge in [-0.2, -0.15) is 0 Å². The number of carbonyl (C=O) groups is 1. The molecule has 1 aromatic rings. The zero-order valence-electron chi connectivity index (χ0n) is 13.5. The maximum absolute atomic E-state index is 12.0. The molecule has 0 spiro atoms. The third-order valence-electron chi connectivity index (χ3n) is 4.07. The van der Waals surface area contributed by atoms with Crippen molar-refractivity contribution in [3.05, 3.63) is 27.9 Å². The van der Waals surface area contributed by atoms with Gasteiger partial charge >= 0.3 is 11.7 Å². The third-order valence-corrected chi connectivity index (χ3v) is 4.07. The Balaban J connectivity index is 2.40. The Kier molecular flexibility index (Phi) is 5.49. The lowest BCUT2D eigenvalue weighted by Gasteiger charge is -2.36. The number of aromatic nitrogens is 1. The van der Waals surface area contributed by atoms with Crippen LogP contribution in [0.2, 0.25) is 0 Å². The summed E-state index contributed by atoms with van der Waals surface area (Å²) in [5, 5.41) is 11.5. The SMILES string of the molecule is CCOC(=O)c1ccnc(N2CCC(C)C(OC)C2)c1[N+](=O)[O-]. The first-order valence-corrected chi connectivity index (χ1v) is 7.57. The number of ether oxygens (including phenoxy) is 2. The van der Waals surface area contributed by atoms with E-state index in [1.165, 1.54) is 12.3 Å². The number of anilines is 1. The van der Waals surface area contributed by atoms with Crippen LogP contribution in [0.4, 0.5) is 11.5 Å². The molecule has 0 radical (unpaired) electrons. The normalized spacial score (nSPS) is 21.1. The van der Waals surface area contributed by atoms with Crippen molar-refractivity contribution < 1.29 is 19.2 Å². The lowest BCUT2D eigenvalue weighted by molar-refractivity contribution is -0.384. The lowest BCUT2D eigenvalue weighted by atomic mass is 9.95. The quantitative estimate of drug-likeness (QED) is 0.465. The molecule has 1 aliphatic heterocycles. The van der Waals surface area contributed by atoms with Gasteiger partial charge in [0, 0.05) is 26.4 Å². The highest BCUT2D eigenvalue weighted by Gasteiger charge is 2.34. The summed E-state index contributed by atoms with van der Waals surface area (Å²) in [6.45, 7) is 5.02. The van der Waals surface area contributed by atoms with Gasteiger partial charge in [0.1, 0.15) is 5.56 Å². The molecule has 2 rings (SSSR count). The van der Waals surface area contributed by atoms with Crippen molar-refractivity contribution in [2.24, 2.45) is 5.92 Å². The molecular weight excluding hydrogens is 302 g/mol. The smallest absolute Gasteiger partial charge is 0.345 e. The zero-order valence-corrected chi connectivity index (χ0v) is 13.5. The minimum atomic E-state index is -0.712. The number of nitrogens with zero attached hydrogens (tertiary/aromatic N) is 3.